The van der Waals surface area contributed by atoms with Crippen LogP contribution >= 0.6 is 0 Å². The summed E-state index contributed by atoms with van der Waals surface area (Å²) in [4.78, 5) is 0. The van der Waals surface area contributed by atoms with Crippen LogP contribution in [0.25, 0.3) is 4.47 Å². The number of allylic oxidation sites excluding steroid dienone is 1. The first kappa shape index (κ1) is 18.3. The standard InChI is InChI=1S/C25H22Se/c1-20-11-15-22(16-12-20)9-6-10-25(24-17-13-21(2)14-18-24)26-19-23-7-4-3-5-8-23/h3-5,7-8,10-18H,19H2,1-2H3/b25-10-. The van der Waals surface area contributed by atoms with Crippen molar-refractivity contribution in [3.05, 3.63) is 113 Å². The van der Waals surface area contributed by atoms with Gasteiger partial charge in [0.2, 0.25) is 0 Å². The molecule has 0 bridgehead atoms. The Morgan fingerprint density at radius 1 is 0.808 bits per heavy atom. The van der Waals surface area contributed by atoms with E-state index in [2.05, 4.69) is 111 Å². The summed E-state index contributed by atoms with van der Waals surface area (Å²) in [5.74, 6) is 6.54. The fourth-order valence-corrected chi connectivity index (χ4v) is 4.50. The minimum atomic E-state index is 0.346. The first-order valence-corrected chi connectivity index (χ1v) is 10.8. The van der Waals surface area contributed by atoms with Crippen molar-refractivity contribution in [2.75, 3.05) is 0 Å². The van der Waals surface area contributed by atoms with Crippen LogP contribution in [0.4, 0.5) is 0 Å². The minimum absolute atomic E-state index is 0.346. The van der Waals surface area contributed by atoms with Crippen molar-refractivity contribution in [1.82, 2.24) is 0 Å². The second-order valence-corrected chi connectivity index (χ2v) is 8.42. The fourth-order valence-electron chi connectivity index (χ4n) is 2.48. The van der Waals surface area contributed by atoms with Crippen molar-refractivity contribution >= 4 is 19.4 Å². The van der Waals surface area contributed by atoms with Crippen molar-refractivity contribution in [1.29, 1.82) is 0 Å². The number of hydrogen-bond donors (Lipinski definition) is 0. The third kappa shape index (κ3) is 5.50. The Hall–Kier alpha value is -2.52. The van der Waals surface area contributed by atoms with E-state index in [-0.39, 0.29) is 0 Å². The van der Waals surface area contributed by atoms with E-state index < -0.39 is 0 Å². The summed E-state index contributed by atoms with van der Waals surface area (Å²) in [5.41, 5.74) is 6.28. The van der Waals surface area contributed by atoms with Gasteiger partial charge in [-0.25, -0.2) is 0 Å². The van der Waals surface area contributed by atoms with Gasteiger partial charge in [-0.1, -0.05) is 0 Å². The first-order chi connectivity index (χ1) is 12.7. The molecule has 0 N–H and O–H groups in total. The summed E-state index contributed by atoms with van der Waals surface area (Å²) >= 11 is 0.346. The van der Waals surface area contributed by atoms with Gasteiger partial charge in [0.1, 0.15) is 0 Å². The first-order valence-electron chi connectivity index (χ1n) is 8.73. The van der Waals surface area contributed by atoms with E-state index in [0.29, 0.717) is 15.0 Å². The maximum absolute atomic E-state index is 3.27. The van der Waals surface area contributed by atoms with Crippen LogP contribution in [0.5, 0.6) is 0 Å². The average molecular weight is 401 g/mol. The van der Waals surface area contributed by atoms with E-state index in [0.717, 1.165) is 10.9 Å². The van der Waals surface area contributed by atoms with Gasteiger partial charge in [0, 0.05) is 0 Å². The molecule has 0 radical (unpaired) electrons. The Balaban J connectivity index is 1.82. The second-order valence-electron chi connectivity index (χ2n) is 6.28. The average Bonchev–Trinajstić information content (AvgIpc) is 2.67. The van der Waals surface area contributed by atoms with Gasteiger partial charge in [0.15, 0.2) is 0 Å². The molecule has 0 saturated carbocycles. The third-order valence-corrected chi connectivity index (χ3v) is 6.44. The Bertz CT molecular complexity index is 921. The van der Waals surface area contributed by atoms with Gasteiger partial charge in [-0.15, -0.1) is 0 Å². The van der Waals surface area contributed by atoms with Crippen LogP contribution in [0.2, 0.25) is 0 Å². The van der Waals surface area contributed by atoms with Crippen LogP contribution in [0, 0.1) is 25.7 Å². The molecule has 128 valence electrons. The molecule has 3 aromatic rings. The predicted octanol–water partition coefficient (Wildman–Crippen LogP) is 5.60. The summed E-state index contributed by atoms with van der Waals surface area (Å²) in [5, 5.41) is 1.08. The van der Waals surface area contributed by atoms with Crippen molar-refractivity contribution in [2.24, 2.45) is 0 Å². The van der Waals surface area contributed by atoms with Gasteiger partial charge >= 0.3 is 163 Å². The molecule has 0 atom stereocenters. The molecule has 0 heterocycles. The molecule has 0 aliphatic heterocycles. The SMILES string of the molecule is Cc1ccc(C#C/C=C(\[Se]Cc2ccccc2)c2ccc(C)cc2)cc1. The summed E-state index contributed by atoms with van der Waals surface area (Å²) in [6, 6.07) is 27.8. The van der Waals surface area contributed by atoms with Gasteiger partial charge in [-0.3, -0.25) is 0 Å². The van der Waals surface area contributed by atoms with Crippen LogP contribution in [-0.4, -0.2) is 15.0 Å². The van der Waals surface area contributed by atoms with E-state index in [1.54, 1.807) is 0 Å². The van der Waals surface area contributed by atoms with E-state index in [1.807, 2.05) is 0 Å². The Morgan fingerprint density at radius 2 is 1.42 bits per heavy atom. The molecular weight excluding hydrogens is 379 g/mol. The van der Waals surface area contributed by atoms with Crippen molar-refractivity contribution in [3.63, 3.8) is 0 Å². The molecule has 0 aromatic heterocycles. The summed E-state index contributed by atoms with van der Waals surface area (Å²) in [6.07, 6.45) is 2.10. The molecule has 3 aromatic carbocycles. The Labute approximate surface area is 163 Å². The molecule has 3 rings (SSSR count). The molecule has 0 saturated heterocycles. The van der Waals surface area contributed by atoms with Crippen molar-refractivity contribution in [2.45, 2.75) is 19.2 Å². The van der Waals surface area contributed by atoms with E-state index in [1.165, 1.54) is 26.7 Å². The summed E-state index contributed by atoms with van der Waals surface area (Å²) in [7, 11) is 0. The third-order valence-electron chi connectivity index (χ3n) is 4.04. The molecule has 0 fully saturated rings. The van der Waals surface area contributed by atoms with Gasteiger partial charge in [0.05, 0.1) is 0 Å². The fraction of sp³-hybridized carbons (Fsp3) is 0.120. The van der Waals surface area contributed by atoms with Gasteiger partial charge in [-0.2, -0.15) is 0 Å². The topological polar surface area (TPSA) is 0 Å². The van der Waals surface area contributed by atoms with Crippen LogP contribution < -0.4 is 0 Å². The van der Waals surface area contributed by atoms with Gasteiger partial charge in [-0.05, 0) is 0 Å². The number of rotatable bonds is 4. The second kappa shape index (κ2) is 9.25. The van der Waals surface area contributed by atoms with Crippen molar-refractivity contribution in [3.8, 4) is 11.8 Å². The molecule has 0 nitrogen and oxygen atoms in total. The summed E-state index contributed by atoms with van der Waals surface area (Å²) in [6.45, 7) is 4.22. The molecule has 0 unspecified atom stereocenters. The van der Waals surface area contributed by atoms with Crippen LogP contribution in [0.1, 0.15) is 27.8 Å². The number of hydrogen-bond acceptors (Lipinski definition) is 0. The molecule has 0 aliphatic rings. The zero-order chi connectivity index (χ0) is 18.2. The molecule has 26 heavy (non-hydrogen) atoms. The molecule has 1 heteroatoms. The van der Waals surface area contributed by atoms with E-state index in [9.17, 15) is 0 Å². The van der Waals surface area contributed by atoms with Crippen LogP contribution in [0.15, 0.2) is 84.9 Å². The van der Waals surface area contributed by atoms with Crippen molar-refractivity contribution < 1.29 is 0 Å². The van der Waals surface area contributed by atoms with Gasteiger partial charge in [0.25, 0.3) is 0 Å². The maximum atomic E-state index is 3.27. The van der Waals surface area contributed by atoms with E-state index in [4.69, 9.17) is 0 Å². The normalized spacial score (nSPS) is 10.9. The zero-order valence-corrected chi connectivity index (χ0v) is 16.9. The van der Waals surface area contributed by atoms with Crippen LogP contribution in [-0.2, 0) is 5.32 Å². The zero-order valence-electron chi connectivity index (χ0n) is 15.2. The molecule has 0 amide bonds. The predicted molar refractivity (Wildman–Crippen MR) is 113 cm³/mol. The molecule has 0 spiro atoms. The Morgan fingerprint density at radius 3 is 2.08 bits per heavy atom. The number of aryl methyl sites for hydroxylation is 2. The van der Waals surface area contributed by atoms with Gasteiger partial charge < -0.3 is 0 Å². The quantitative estimate of drug-likeness (QED) is 0.394. The number of benzene rings is 3. The van der Waals surface area contributed by atoms with E-state index >= 15 is 0 Å². The monoisotopic (exact) mass is 402 g/mol. The van der Waals surface area contributed by atoms with Crippen LogP contribution in [0.3, 0.4) is 0 Å². The molecule has 0 aliphatic carbocycles. The Kier molecular flexibility index (Phi) is 6.50. The molecular formula is C25H22Se. The summed E-state index contributed by atoms with van der Waals surface area (Å²) < 4.78 is 1.35.